The van der Waals surface area contributed by atoms with E-state index in [-0.39, 0.29) is 22.1 Å². The van der Waals surface area contributed by atoms with Gasteiger partial charge >= 0.3 is 0 Å². The number of aliphatic imine (C=N–C) groups is 1. The first kappa shape index (κ1) is 14.1. The molecule has 0 saturated carbocycles. The van der Waals surface area contributed by atoms with Gasteiger partial charge in [0.05, 0.1) is 23.4 Å². The highest BCUT2D eigenvalue weighted by molar-refractivity contribution is 7.12. The van der Waals surface area contributed by atoms with E-state index in [4.69, 9.17) is 16.3 Å². The fourth-order valence-corrected chi connectivity index (χ4v) is 3.20. The molecule has 4 nitrogen and oxygen atoms in total. The number of hydrogen-bond acceptors (Lipinski definition) is 5. The van der Waals surface area contributed by atoms with Crippen molar-refractivity contribution >= 4 is 34.4 Å². The molecule has 1 N–H and O–H groups in total. The summed E-state index contributed by atoms with van der Waals surface area (Å²) in [4.78, 5) is 17.0. The second-order valence-corrected chi connectivity index (χ2v) is 5.97. The predicted molar refractivity (Wildman–Crippen MR) is 82.2 cm³/mol. The van der Waals surface area contributed by atoms with Crippen molar-refractivity contribution in [2.75, 3.05) is 7.11 Å². The maximum Gasteiger partial charge on any atom is 0.198 e. The van der Waals surface area contributed by atoms with Gasteiger partial charge in [0.1, 0.15) is 5.76 Å². The third-order valence-electron chi connectivity index (χ3n) is 3.23. The van der Waals surface area contributed by atoms with Crippen molar-refractivity contribution in [1.82, 2.24) is 0 Å². The SMILES string of the molecule is COc1cc(C(=O)C2=C3[C]=C(C)N=C3CC(Cl)=C2O)cs1. The summed E-state index contributed by atoms with van der Waals surface area (Å²) in [6.07, 6.45) is 3.34. The second-order valence-electron chi connectivity index (χ2n) is 4.64. The van der Waals surface area contributed by atoms with Gasteiger partial charge < -0.3 is 9.84 Å². The van der Waals surface area contributed by atoms with Crippen molar-refractivity contribution < 1.29 is 14.6 Å². The predicted octanol–water partition coefficient (Wildman–Crippen LogP) is 3.81. The molecule has 1 aliphatic carbocycles. The van der Waals surface area contributed by atoms with Gasteiger partial charge in [-0.05, 0) is 6.92 Å². The maximum atomic E-state index is 12.7. The van der Waals surface area contributed by atoms with Gasteiger partial charge in [0.2, 0.25) is 0 Å². The van der Waals surface area contributed by atoms with Gasteiger partial charge in [-0.3, -0.25) is 9.79 Å². The Morgan fingerprint density at radius 2 is 2.33 bits per heavy atom. The largest absolute Gasteiger partial charge is 0.506 e. The van der Waals surface area contributed by atoms with Crippen molar-refractivity contribution in [3.05, 3.63) is 50.7 Å². The van der Waals surface area contributed by atoms with E-state index < -0.39 is 0 Å². The zero-order chi connectivity index (χ0) is 15.1. The molecule has 0 fully saturated rings. The molecule has 0 aromatic carbocycles. The molecule has 1 radical (unpaired) electrons. The highest BCUT2D eigenvalue weighted by Gasteiger charge is 2.32. The highest BCUT2D eigenvalue weighted by Crippen LogP contribution is 2.36. The number of aliphatic hydroxyl groups is 1. The summed E-state index contributed by atoms with van der Waals surface area (Å²) in [5, 5.41) is 12.7. The third-order valence-corrected chi connectivity index (χ3v) is 4.43. The lowest BCUT2D eigenvalue weighted by molar-refractivity contribution is 0.103. The first-order chi connectivity index (χ1) is 10.0. The standard InChI is InChI=1S/C15H11ClNO3S/c1-7-3-9-11(17-7)5-10(16)15(19)13(9)14(18)8-4-12(20-2)21-6-8/h4,6,19H,5H2,1-2H3. The number of rotatable bonds is 3. The molecular formula is C15H11ClNO3S. The van der Waals surface area contributed by atoms with Crippen LogP contribution in [0.25, 0.3) is 0 Å². The monoisotopic (exact) mass is 320 g/mol. The molecule has 2 aliphatic rings. The molecule has 1 aromatic heterocycles. The number of allylic oxidation sites excluding steroid dienone is 5. The number of carbonyl (C=O) groups excluding carboxylic acids is 1. The zero-order valence-electron chi connectivity index (χ0n) is 11.4. The van der Waals surface area contributed by atoms with Crippen molar-refractivity contribution in [3.63, 3.8) is 0 Å². The quantitative estimate of drug-likeness (QED) is 0.861. The number of methoxy groups -OCH3 is 1. The molecule has 0 unspecified atom stereocenters. The summed E-state index contributed by atoms with van der Waals surface area (Å²) in [6.45, 7) is 1.79. The minimum Gasteiger partial charge on any atom is -0.506 e. The van der Waals surface area contributed by atoms with Crippen LogP contribution in [0.3, 0.4) is 0 Å². The van der Waals surface area contributed by atoms with E-state index in [0.29, 0.717) is 34.0 Å². The van der Waals surface area contributed by atoms with E-state index in [1.54, 1.807) is 25.5 Å². The summed E-state index contributed by atoms with van der Waals surface area (Å²) in [7, 11) is 1.54. The summed E-state index contributed by atoms with van der Waals surface area (Å²) < 4.78 is 5.09. The van der Waals surface area contributed by atoms with E-state index in [9.17, 15) is 9.90 Å². The maximum absolute atomic E-state index is 12.7. The average molecular weight is 321 g/mol. The Morgan fingerprint density at radius 3 is 3.00 bits per heavy atom. The van der Waals surface area contributed by atoms with Crippen LogP contribution in [0.5, 0.6) is 5.06 Å². The number of carbonyl (C=O) groups is 1. The van der Waals surface area contributed by atoms with Gasteiger partial charge in [-0.25, -0.2) is 0 Å². The number of aliphatic hydroxyl groups excluding tert-OH is 1. The van der Waals surface area contributed by atoms with Gasteiger partial charge in [0, 0.05) is 40.8 Å². The van der Waals surface area contributed by atoms with Crippen LogP contribution in [-0.4, -0.2) is 23.7 Å². The molecule has 1 aliphatic heterocycles. The number of halogens is 1. The Balaban J connectivity index is 2.11. The lowest BCUT2D eigenvalue weighted by Gasteiger charge is -2.16. The molecule has 3 rings (SSSR count). The lowest BCUT2D eigenvalue weighted by atomic mass is 9.90. The Hall–Kier alpha value is -1.85. The summed E-state index contributed by atoms with van der Waals surface area (Å²) in [5.41, 5.74) is 2.48. The smallest absolute Gasteiger partial charge is 0.198 e. The van der Waals surface area contributed by atoms with Crippen LogP contribution in [0.2, 0.25) is 0 Å². The molecule has 0 saturated heterocycles. The fraction of sp³-hybridized carbons (Fsp3) is 0.200. The fourth-order valence-electron chi connectivity index (χ4n) is 2.27. The molecule has 2 heterocycles. The van der Waals surface area contributed by atoms with E-state index >= 15 is 0 Å². The number of ketones is 1. The van der Waals surface area contributed by atoms with Crippen molar-refractivity contribution in [1.29, 1.82) is 0 Å². The Bertz CT molecular complexity index is 768. The van der Waals surface area contributed by atoms with Crippen LogP contribution >= 0.6 is 22.9 Å². The van der Waals surface area contributed by atoms with E-state index in [1.165, 1.54) is 11.3 Å². The number of ether oxygens (including phenoxy) is 1. The lowest BCUT2D eigenvalue weighted by Crippen LogP contribution is -2.17. The van der Waals surface area contributed by atoms with Gasteiger partial charge in [-0.15, -0.1) is 11.3 Å². The van der Waals surface area contributed by atoms with Crippen molar-refractivity contribution in [2.24, 2.45) is 4.99 Å². The second kappa shape index (κ2) is 5.16. The van der Waals surface area contributed by atoms with Gasteiger partial charge in [-0.2, -0.15) is 0 Å². The third kappa shape index (κ3) is 2.32. The molecule has 21 heavy (non-hydrogen) atoms. The molecular weight excluding hydrogens is 310 g/mol. The Labute approximate surface area is 130 Å². The number of nitrogens with zero attached hydrogens (tertiary/aromatic N) is 1. The van der Waals surface area contributed by atoms with E-state index in [1.807, 2.05) is 0 Å². The average Bonchev–Trinajstić information content (AvgIpc) is 3.05. The summed E-state index contributed by atoms with van der Waals surface area (Å²) in [5.74, 6) is -0.502. The molecule has 0 amide bonds. The van der Waals surface area contributed by atoms with E-state index in [2.05, 4.69) is 11.1 Å². The molecule has 0 atom stereocenters. The number of thiophene rings is 1. The van der Waals surface area contributed by atoms with Crippen LogP contribution in [0, 0.1) is 6.08 Å². The van der Waals surface area contributed by atoms with Crippen LogP contribution in [0.4, 0.5) is 0 Å². The van der Waals surface area contributed by atoms with Crippen molar-refractivity contribution in [3.8, 4) is 5.06 Å². The van der Waals surface area contributed by atoms with Crippen LogP contribution in [-0.2, 0) is 0 Å². The van der Waals surface area contributed by atoms with E-state index in [0.717, 1.165) is 0 Å². The Kier molecular flexibility index (Phi) is 3.47. The number of hydrogen-bond donors (Lipinski definition) is 1. The van der Waals surface area contributed by atoms with Crippen LogP contribution in [0.15, 0.2) is 44.1 Å². The summed E-state index contributed by atoms with van der Waals surface area (Å²) in [6, 6.07) is 1.64. The minimum atomic E-state index is -0.310. The van der Waals surface area contributed by atoms with Crippen LogP contribution < -0.4 is 4.74 Å². The van der Waals surface area contributed by atoms with Crippen molar-refractivity contribution in [2.45, 2.75) is 13.3 Å². The molecule has 107 valence electrons. The molecule has 0 spiro atoms. The Morgan fingerprint density at radius 1 is 1.57 bits per heavy atom. The molecule has 0 bridgehead atoms. The normalized spacial score (nSPS) is 17.7. The topological polar surface area (TPSA) is 58.9 Å². The zero-order valence-corrected chi connectivity index (χ0v) is 12.9. The summed E-state index contributed by atoms with van der Waals surface area (Å²) >= 11 is 7.36. The van der Waals surface area contributed by atoms with Crippen LogP contribution in [0.1, 0.15) is 23.7 Å². The molecule has 6 heteroatoms. The number of fused-ring (bicyclic) bond motifs is 1. The first-order valence-corrected chi connectivity index (χ1v) is 7.45. The minimum absolute atomic E-state index is 0.155. The van der Waals surface area contributed by atoms with Gasteiger partial charge in [0.25, 0.3) is 0 Å². The molecule has 1 aromatic rings. The highest BCUT2D eigenvalue weighted by atomic mass is 35.5. The number of Topliss-reactive ketones (excluding diaryl/α,β-unsaturated/α-hetero) is 1. The van der Waals surface area contributed by atoms with Gasteiger partial charge in [0.15, 0.2) is 10.8 Å². The first-order valence-electron chi connectivity index (χ1n) is 6.19. The van der Waals surface area contributed by atoms with Gasteiger partial charge in [-0.1, -0.05) is 11.6 Å².